The molecule has 1 aliphatic rings. The van der Waals surface area contributed by atoms with E-state index in [0.717, 1.165) is 44.0 Å². The van der Waals surface area contributed by atoms with Gasteiger partial charge in [-0.05, 0) is 66.1 Å². The van der Waals surface area contributed by atoms with Gasteiger partial charge < -0.3 is 14.2 Å². The Morgan fingerprint density at radius 3 is 2.44 bits per heavy atom. The van der Waals surface area contributed by atoms with E-state index < -0.39 is 0 Å². The van der Waals surface area contributed by atoms with Crippen molar-refractivity contribution in [2.24, 2.45) is 5.10 Å². The number of carbonyl (C=O) groups excluding carboxylic acids is 1. The molecule has 3 aromatic rings. The van der Waals surface area contributed by atoms with Gasteiger partial charge in [0.1, 0.15) is 6.61 Å². The van der Waals surface area contributed by atoms with Crippen LogP contribution in [0.5, 0.6) is 11.5 Å². The quantitative estimate of drug-likeness (QED) is 0.312. The third-order valence-electron chi connectivity index (χ3n) is 5.68. The first-order valence-electron chi connectivity index (χ1n) is 12.0. The Morgan fingerprint density at radius 1 is 1.00 bits per heavy atom. The molecular formula is C28H30ClN3O4. The minimum Gasteiger partial charge on any atom is -0.490 e. The molecule has 7 nitrogen and oxygen atoms in total. The molecule has 8 heteroatoms. The van der Waals surface area contributed by atoms with E-state index in [0.29, 0.717) is 35.3 Å². The molecule has 1 aliphatic heterocycles. The molecule has 36 heavy (non-hydrogen) atoms. The molecule has 1 saturated heterocycles. The Balaban J connectivity index is 1.32. The van der Waals surface area contributed by atoms with Crippen molar-refractivity contribution in [1.29, 1.82) is 0 Å². The Labute approximate surface area is 216 Å². The summed E-state index contributed by atoms with van der Waals surface area (Å²) in [7, 11) is 0. The highest BCUT2D eigenvalue weighted by Gasteiger charge is 2.11. The zero-order valence-corrected chi connectivity index (χ0v) is 21.0. The van der Waals surface area contributed by atoms with Crippen LogP contribution in [0.25, 0.3) is 0 Å². The lowest BCUT2D eigenvalue weighted by Gasteiger charge is -2.26. The summed E-state index contributed by atoms with van der Waals surface area (Å²) < 4.78 is 17.1. The third-order valence-corrected chi connectivity index (χ3v) is 5.93. The van der Waals surface area contributed by atoms with Crippen LogP contribution in [0.3, 0.4) is 0 Å². The molecule has 0 bridgehead atoms. The standard InChI is InChI=1S/C28H30ClN3O4/c1-2-35-27-17-23(7-12-26(27)36-20-22-5-10-25(29)11-6-22)18-30-31-28(33)24-8-3-21(4-9-24)19-32-13-15-34-16-14-32/h3-12,17-18H,2,13-16,19-20H2,1H3,(H,31,33)/b30-18+. The van der Waals surface area contributed by atoms with Gasteiger partial charge in [0, 0.05) is 30.2 Å². The van der Waals surface area contributed by atoms with Crippen molar-refractivity contribution >= 4 is 23.7 Å². The van der Waals surface area contributed by atoms with Gasteiger partial charge in [-0.2, -0.15) is 5.10 Å². The van der Waals surface area contributed by atoms with Crippen LogP contribution in [0, 0.1) is 0 Å². The molecule has 1 heterocycles. The summed E-state index contributed by atoms with van der Waals surface area (Å²) in [6.07, 6.45) is 1.58. The molecule has 188 valence electrons. The number of hydrazone groups is 1. The van der Waals surface area contributed by atoms with Gasteiger partial charge >= 0.3 is 0 Å². The summed E-state index contributed by atoms with van der Waals surface area (Å²) in [4.78, 5) is 14.8. The summed E-state index contributed by atoms with van der Waals surface area (Å²) in [5.41, 5.74) is 6.09. The predicted octanol–water partition coefficient (Wildman–Crippen LogP) is 4.91. The van der Waals surface area contributed by atoms with Crippen molar-refractivity contribution in [1.82, 2.24) is 10.3 Å². The predicted molar refractivity (Wildman–Crippen MR) is 141 cm³/mol. The first kappa shape index (κ1) is 25.7. The highest BCUT2D eigenvalue weighted by atomic mass is 35.5. The number of halogens is 1. The van der Waals surface area contributed by atoms with E-state index in [1.54, 1.807) is 6.21 Å². The van der Waals surface area contributed by atoms with Gasteiger partial charge in [0.2, 0.25) is 0 Å². The molecule has 1 amide bonds. The van der Waals surface area contributed by atoms with E-state index in [1.165, 1.54) is 5.56 Å². The lowest BCUT2D eigenvalue weighted by molar-refractivity contribution is 0.0342. The summed E-state index contributed by atoms with van der Waals surface area (Å²) >= 11 is 5.94. The lowest BCUT2D eigenvalue weighted by atomic mass is 10.1. The van der Waals surface area contributed by atoms with E-state index in [-0.39, 0.29) is 5.91 Å². The number of benzene rings is 3. The SMILES string of the molecule is CCOc1cc(/C=N/NC(=O)c2ccc(CN3CCOCC3)cc2)ccc1OCc1ccc(Cl)cc1. The second-order valence-corrected chi connectivity index (χ2v) is 8.78. The molecule has 0 unspecified atom stereocenters. The fourth-order valence-corrected chi connectivity index (χ4v) is 3.87. The third kappa shape index (κ3) is 7.55. The van der Waals surface area contributed by atoms with Crippen LogP contribution in [0.1, 0.15) is 34.0 Å². The van der Waals surface area contributed by atoms with Gasteiger partial charge in [-0.1, -0.05) is 35.9 Å². The number of hydrogen-bond donors (Lipinski definition) is 1. The highest BCUT2D eigenvalue weighted by molar-refractivity contribution is 6.30. The molecule has 1 fully saturated rings. The molecule has 4 rings (SSSR count). The topological polar surface area (TPSA) is 72.4 Å². The first-order chi connectivity index (χ1) is 17.6. The second kappa shape index (κ2) is 13.1. The normalized spacial score (nSPS) is 14.1. The van der Waals surface area contributed by atoms with E-state index >= 15 is 0 Å². The molecule has 0 spiro atoms. The Bertz CT molecular complexity index is 1160. The van der Waals surface area contributed by atoms with Crippen LogP contribution >= 0.6 is 11.6 Å². The number of nitrogens with one attached hydrogen (secondary N) is 1. The number of carbonyl (C=O) groups is 1. The van der Waals surface area contributed by atoms with Crippen LogP contribution in [0.15, 0.2) is 71.8 Å². The fraction of sp³-hybridized carbons (Fsp3) is 0.286. The van der Waals surface area contributed by atoms with Crippen LogP contribution in [0.4, 0.5) is 0 Å². The maximum absolute atomic E-state index is 12.5. The van der Waals surface area contributed by atoms with Gasteiger partial charge in [0.05, 0.1) is 26.0 Å². The van der Waals surface area contributed by atoms with Gasteiger partial charge in [0.15, 0.2) is 11.5 Å². The monoisotopic (exact) mass is 507 g/mol. The van der Waals surface area contributed by atoms with Crippen molar-refractivity contribution in [2.75, 3.05) is 32.9 Å². The highest BCUT2D eigenvalue weighted by Crippen LogP contribution is 2.29. The van der Waals surface area contributed by atoms with E-state index in [1.807, 2.05) is 73.7 Å². The minimum absolute atomic E-state index is 0.267. The molecule has 3 aromatic carbocycles. The molecule has 1 N–H and O–H groups in total. The lowest BCUT2D eigenvalue weighted by Crippen LogP contribution is -2.35. The minimum atomic E-state index is -0.267. The van der Waals surface area contributed by atoms with E-state index in [2.05, 4.69) is 15.4 Å². The maximum Gasteiger partial charge on any atom is 0.271 e. The Morgan fingerprint density at radius 2 is 1.72 bits per heavy atom. The molecule has 0 atom stereocenters. The second-order valence-electron chi connectivity index (χ2n) is 8.34. The van der Waals surface area contributed by atoms with E-state index in [9.17, 15) is 4.79 Å². The summed E-state index contributed by atoms with van der Waals surface area (Å²) in [5.74, 6) is 0.972. The number of ether oxygens (including phenoxy) is 3. The van der Waals surface area contributed by atoms with Crippen LogP contribution < -0.4 is 14.9 Å². The summed E-state index contributed by atoms with van der Waals surface area (Å²) in [6.45, 7) is 7.05. The van der Waals surface area contributed by atoms with Crippen molar-refractivity contribution in [2.45, 2.75) is 20.1 Å². The number of morpholine rings is 1. The molecule has 0 aromatic heterocycles. The summed E-state index contributed by atoms with van der Waals surface area (Å²) in [6, 6.07) is 20.6. The number of hydrogen-bond acceptors (Lipinski definition) is 6. The fourth-order valence-electron chi connectivity index (χ4n) is 3.74. The number of rotatable bonds is 10. The van der Waals surface area contributed by atoms with Crippen LogP contribution in [-0.2, 0) is 17.9 Å². The smallest absolute Gasteiger partial charge is 0.271 e. The van der Waals surface area contributed by atoms with Crippen molar-refractivity contribution < 1.29 is 19.0 Å². The largest absolute Gasteiger partial charge is 0.490 e. The van der Waals surface area contributed by atoms with Crippen molar-refractivity contribution in [3.63, 3.8) is 0 Å². The zero-order chi connectivity index (χ0) is 25.2. The first-order valence-corrected chi connectivity index (χ1v) is 12.3. The summed E-state index contributed by atoms with van der Waals surface area (Å²) in [5, 5.41) is 4.80. The molecule has 0 aliphatic carbocycles. The van der Waals surface area contributed by atoms with Gasteiger partial charge in [-0.3, -0.25) is 9.69 Å². The number of amides is 1. The van der Waals surface area contributed by atoms with Crippen molar-refractivity contribution in [3.05, 3.63) is 94.0 Å². The zero-order valence-electron chi connectivity index (χ0n) is 20.3. The Hall–Kier alpha value is -3.39. The maximum atomic E-state index is 12.5. The van der Waals surface area contributed by atoms with E-state index in [4.69, 9.17) is 25.8 Å². The van der Waals surface area contributed by atoms with Crippen LogP contribution in [-0.4, -0.2) is 49.9 Å². The Kier molecular flexibility index (Phi) is 9.33. The number of nitrogens with zero attached hydrogens (tertiary/aromatic N) is 2. The average Bonchev–Trinajstić information content (AvgIpc) is 2.90. The average molecular weight is 508 g/mol. The van der Waals surface area contributed by atoms with Crippen LogP contribution in [0.2, 0.25) is 5.02 Å². The van der Waals surface area contributed by atoms with Gasteiger partial charge in [0.25, 0.3) is 5.91 Å². The molecular weight excluding hydrogens is 478 g/mol. The van der Waals surface area contributed by atoms with Gasteiger partial charge in [-0.25, -0.2) is 5.43 Å². The van der Waals surface area contributed by atoms with Crippen molar-refractivity contribution in [3.8, 4) is 11.5 Å². The molecule has 0 radical (unpaired) electrons. The molecule has 0 saturated carbocycles. The van der Waals surface area contributed by atoms with Gasteiger partial charge in [-0.15, -0.1) is 0 Å².